The highest BCUT2D eigenvalue weighted by Gasteiger charge is 2.18. The summed E-state index contributed by atoms with van der Waals surface area (Å²) in [4.78, 5) is 20.9. The van der Waals surface area contributed by atoms with Gasteiger partial charge in [0.05, 0.1) is 15.5 Å². The van der Waals surface area contributed by atoms with E-state index in [9.17, 15) is 4.79 Å². The second kappa shape index (κ2) is 6.89. The number of ether oxygens (including phenoxy) is 2. The van der Waals surface area contributed by atoms with E-state index in [-0.39, 0.29) is 18.0 Å². The Morgan fingerprint density at radius 2 is 2.20 bits per heavy atom. The Labute approximate surface area is 152 Å². The van der Waals surface area contributed by atoms with Gasteiger partial charge in [0.15, 0.2) is 11.5 Å². The molecule has 2 aromatic heterocycles. The third-order valence-electron chi connectivity index (χ3n) is 3.77. The second-order valence-corrected chi connectivity index (χ2v) is 7.72. The highest BCUT2D eigenvalue weighted by Crippen LogP contribution is 2.33. The molecule has 0 saturated heterocycles. The van der Waals surface area contributed by atoms with E-state index >= 15 is 0 Å². The van der Waals surface area contributed by atoms with E-state index in [4.69, 9.17) is 9.47 Å². The van der Waals surface area contributed by atoms with Crippen LogP contribution in [0, 0.1) is 0 Å². The molecule has 1 atom stereocenters. The molecule has 1 aliphatic rings. The molecule has 128 valence electrons. The van der Waals surface area contributed by atoms with Crippen molar-refractivity contribution in [1.82, 2.24) is 15.3 Å². The van der Waals surface area contributed by atoms with E-state index in [1.165, 1.54) is 18.1 Å². The van der Waals surface area contributed by atoms with Crippen molar-refractivity contribution in [3.63, 3.8) is 0 Å². The van der Waals surface area contributed by atoms with Crippen molar-refractivity contribution in [1.29, 1.82) is 0 Å². The van der Waals surface area contributed by atoms with E-state index in [1.54, 1.807) is 11.3 Å². The van der Waals surface area contributed by atoms with Crippen LogP contribution in [0.5, 0.6) is 11.5 Å². The quantitative estimate of drug-likeness (QED) is 0.547. The van der Waals surface area contributed by atoms with Crippen molar-refractivity contribution in [3.05, 3.63) is 41.5 Å². The first kappa shape index (κ1) is 16.2. The number of rotatable bonds is 5. The molecule has 0 spiro atoms. The number of fused-ring (bicyclic) bond motifs is 2. The number of hydrogen-bond donors (Lipinski definition) is 1. The summed E-state index contributed by atoms with van der Waals surface area (Å²) in [7, 11) is 0. The second-order valence-electron chi connectivity index (χ2n) is 5.48. The molecule has 25 heavy (non-hydrogen) atoms. The lowest BCUT2D eigenvalue weighted by Crippen LogP contribution is -2.30. The number of carbonyl (C=O) groups is 1. The fourth-order valence-electron chi connectivity index (χ4n) is 2.46. The molecular weight excluding hydrogens is 358 g/mol. The van der Waals surface area contributed by atoms with Crippen molar-refractivity contribution < 1.29 is 14.3 Å². The van der Waals surface area contributed by atoms with Crippen LogP contribution in [0.15, 0.2) is 41.0 Å². The topological polar surface area (TPSA) is 73.3 Å². The Hall–Kier alpha value is -2.32. The lowest BCUT2D eigenvalue weighted by Gasteiger charge is -2.12. The molecule has 1 aliphatic heterocycles. The predicted octanol–water partition coefficient (Wildman–Crippen LogP) is 3.22. The fourth-order valence-corrected chi connectivity index (χ4v) is 4.32. The molecule has 1 aromatic carbocycles. The highest BCUT2D eigenvalue weighted by molar-refractivity contribution is 8.00. The minimum absolute atomic E-state index is 0.0361. The highest BCUT2D eigenvalue weighted by atomic mass is 32.2. The first-order valence-electron chi connectivity index (χ1n) is 7.72. The molecule has 6 nitrogen and oxygen atoms in total. The van der Waals surface area contributed by atoms with Gasteiger partial charge in [-0.3, -0.25) is 4.79 Å². The molecule has 8 heteroatoms. The van der Waals surface area contributed by atoms with E-state index in [2.05, 4.69) is 15.3 Å². The molecule has 3 heterocycles. The van der Waals surface area contributed by atoms with Crippen LogP contribution in [-0.4, -0.2) is 27.9 Å². The minimum Gasteiger partial charge on any atom is -0.454 e. The van der Waals surface area contributed by atoms with E-state index in [0.29, 0.717) is 6.54 Å². The van der Waals surface area contributed by atoms with Gasteiger partial charge in [-0.15, -0.1) is 11.3 Å². The molecular formula is C17H15N3O3S2. The zero-order chi connectivity index (χ0) is 17.2. The molecule has 0 unspecified atom stereocenters. The summed E-state index contributed by atoms with van der Waals surface area (Å²) in [6.45, 7) is 2.56. The van der Waals surface area contributed by atoms with E-state index < -0.39 is 0 Å². The smallest absolute Gasteiger partial charge is 0.233 e. The van der Waals surface area contributed by atoms with Crippen LogP contribution in [0.3, 0.4) is 0 Å². The number of amides is 1. The molecule has 0 aliphatic carbocycles. The van der Waals surface area contributed by atoms with Crippen LogP contribution in [0.4, 0.5) is 0 Å². The van der Waals surface area contributed by atoms with Crippen molar-refractivity contribution in [2.75, 3.05) is 6.79 Å². The summed E-state index contributed by atoms with van der Waals surface area (Å²) < 4.78 is 11.7. The normalized spacial score (nSPS) is 13.8. The molecule has 0 saturated carbocycles. The summed E-state index contributed by atoms with van der Waals surface area (Å²) in [5.74, 6) is 1.42. The maximum Gasteiger partial charge on any atom is 0.233 e. The average molecular weight is 373 g/mol. The first-order valence-corrected chi connectivity index (χ1v) is 9.48. The van der Waals surface area contributed by atoms with Gasteiger partial charge in [0, 0.05) is 6.54 Å². The van der Waals surface area contributed by atoms with Gasteiger partial charge in [-0.2, -0.15) is 0 Å². The summed E-state index contributed by atoms with van der Waals surface area (Å²) in [6, 6.07) is 7.62. The zero-order valence-electron chi connectivity index (χ0n) is 13.4. The Morgan fingerprint density at radius 1 is 1.32 bits per heavy atom. The Balaban J connectivity index is 1.38. The Kier molecular flexibility index (Phi) is 4.46. The van der Waals surface area contributed by atoms with Gasteiger partial charge in [-0.1, -0.05) is 17.8 Å². The number of nitrogens with zero attached hydrogens (tertiary/aromatic N) is 2. The molecule has 0 bridgehead atoms. The van der Waals surface area contributed by atoms with Crippen LogP contribution < -0.4 is 14.8 Å². The lowest BCUT2D eigenvalue weighted by atomic mass is 10.2. The van der Waals surface area contributed by atoms with Gasteiger partial charge in [-0.25, -0.2) is 9.97 Å². The standard InChI is InChI=1S/C17H15N3O3S2/c1-10(25-17-15-12(4-5-24-15)19-8-20-17)16(21)18-7-11-2-3-13-14(6-11)23-9-22-13/h2-6,8,10H,7,9H2,1H3,(H,18,21)/t10-/m1/s1. The number of thiophene rings is 1. The predicted molar refractivity (Wildman–Crippen MR) is 97.1 cm³/mol. The number of aromatic nitrogens is 2. The van der Waals surface area contributed by atoms with Crippen molar-refractivity contribution in [3.8, 4) is 11.5 Å². The van der Waals surface area contributed by atoms with Gasteiger partial charge in [0.2, 0.25) is 12.7 Å². The third kappa shape index (κ3) is 3.40. The monoisotopic (exact) mass is 373 g/mol. The Bertz CT molecular complexity index is 928. The maximum absolute atomic E-state index is 12.4. The largest absolute Gasteiger partial charge is 0.454 e. The minimum atomic E-state index is -0.255. The summed E-state index contributed by atoms with van der Waals surface area (Å²) in [5, 5.41) is 5.52. The third-order valence-corrected chi connectivity index (χ3v) is 5.91. The van der Waals surface area contributed by atoms with Crippen LogP contribution >= 0.6 is 23.1 Å². The SMILES string of the molecule is C[C@@H](Sc1ncnc2ccsc12)C(=O)NCc1ccc2c(c1)OCO2. The summed E-state index contributed by atoms with van der Waals surface area (Å²) >= 11 is 3.03. The van der Waals surface area contributed by atoms with Gasteiger partial charge in [0.1, 0.15) is 11.4 Å². The Morgan fingerprint density at radius 3 is 3.12 bits per heavy atom. The van der Waals surface area contributed by atoms with Crippen LogP contribution in [-0.2, 0) is 11.3 Å². The maximum atomic E-state index is 12.4. The van der Waals surface area contributed by atoms with Gasteiger partial charge < -0.3 is 14.8 Å². The van der Waals surface area contributed by atoms with Crippen molar-refractivity contribution in [2.24, 2.45) is 0 Å². The van der Waals surface area contributed by atoms with E-state index in [0.717, 1.165) is 32.3 Å². The van der Waals surface area contributed by atoms with Gasteiger partial charge >= 0.3 is 0 Å². The molecule has 3 aromatic rings. The molecule has 4 rings (SSSR count). The van der Waals surface area contributed by atoms with Crippen LogP contribution in [0.2, 0.25) is 0 Å². The zero-order valence-corrected chi connectivity index (χ0v) is 15.0. The van der Waals surface area contributed by atoms with Crippen molar-refractivity contribution >= 4 is 39.2 Å². The fraction of sp³-hybridized carbons (Fsp3) is 0.235. The van der Waals surface area contributed by atoms with E-state index in [1.807, 2.05) is 36.6 Å². The molecule has 0 fully saturated rings. The van der Waals surface area contributed by atoms with Gasteiger partial charge in [-0.05, 0) is 36.1 Å². The number of nitrogens with one attached hydrogen (secondary N) is 1. The van der Waals surface area contributed by atoms with Crippen molar-refractivity contribution in [2.45, 2.75) is 23.7 Å². The number of carbonyl (C=O) groups excluding carboxylic acids is 1. The first-order chi connectivity index (χ1) is 12.2. The summed E-state index contributed by atoms with van der Waals surface area (Å²) in [6.07, 6.45) is 1.54. The summed E-state index contributed by atoms with van der Waals surface area (Å²) in [5.41, 5.74) is 1.88. The molecule has 0 radical (unpaired) electrons. The average Bonchev–Trinajstić information content (AvgIpc) is 3.28. The van der Waals surface area contributed by atoms with Crippen LogP contribution in [0.1, 0.15) is 12.5 Å². The number of benzene rings is 1. The molecule has 1 N–H and O–H groups in total. The van der Waals surface area contributed by atoms with Gasteiger partial charge in [0.25, 0.3) is 0 Å². The number of hydrogen-bond acceptors (Lipinski definition) is 7. The van der Waals surface area contributed by atoms with Crippen LogP contribution in [0.25, 0.3) is 10.2 Å². The lowest BCUT2D eigenvalue weighted by molar-refractivity contribution is -0.120. The number of thioether (sulfide) groups is 1. The molecule has 1 amide bonds.